The van der Waals surface area contributed by atoms with Crippen molar-refractivity contribution in [1.82, 2.24) is 14.5 Å². The number of rotatable bonds is 3. The highest BCUT2D eigenvalue weighted by atomic mass is 16.1. The number of pyridine rings is 3. The van der Waals surface area contributed by atoms with Crippen LogP contribution < -0.4 is 10.5 Å². The maximum absolute atomic E-state index is 13.0. The summed E-state index contributed by atoms with van der Waals surface area (Å²) in [4.78, 5) is 24.6. The van der Waals surface area contributed by atoms with Crippen LogP contribution in [-0.2, 0) is 6.42 Å². The minimum Gasteiger partial charge on any atom is -0.355 e. The van der Waals surface area contributed by atoms with E-state index in [1.54, 1.807) is 6.07 Å². The number of nitrogens with zero attached hydrogens (tertiary/aromatic N) is 4. The molecule has 2 bridgehead atoms. The Morgan fingerprint density at radius 1 is 0.871 bits per heavy atom. The van der Waals surface area contributed by atoms with Gasteiger partial charge in [-0.25, -0.2) is 4.98 Å². The fourth-order valence-electron chi connectivity index (χ4n) is 5.57. The average molecular weight is 409 g/mol. The lowest BCUT2D eigenvalue weighted by Gasteiger charge is -2.47. The largest absolute Gasteiger partial charge is 0.355 e. The Kier molecular flexibility index (Phi) is 4.34. The minimum atomic E-state index is 0.120. The van der Waals surface area contributed by atoms with Gasteiger partial charge >= 0.3 is 0 Å². The standard InChI is InChI=1S/C26H24N4O/c31-25-10-4-9-23-19-15-20(24(30(23)25)14-18-6-2-1-3-7-18)17-29(16-19)26-21-8-5-12-27-22(21)11-13-28-26/h1-13,19-20,24H,14-17H2/t19-,20+,24+/m1/s1. The number of benzene rings is 1. The first-order valence-electron chi connectivity index (χ1n) is 11.0. The predicted octanol–water partition coefficient (Wildman–Crippen LogP) is 4.20. The third-order valence-electron chi connectivity index (χ3n) is 6.89. The average Bonchev–Trinajstić information content (AvgIpc) is 2.82. The summed E-state index contributed by atoms with van der Waals surface area (Å²) in [5.41, 5.74) is 3.53. The number of aromatic nitrogens is 3. The summed E-state index contributed by atoms with van der Waals surface area (Å²) in [5.74, 6) is 1.72. The van der Waals surface area contributed by atoms with E-state index in [-0.39, 0.29) is 11.6 Å². The van der Waals surface area contributed by atoms with Crippen molar-refractivity contribution in [2.75, 3.05) is 18.0 Å². The molecule has 0 saturated carbocycles. The molecule has 6 rings (SSSR count). The van der Waals surface area contributed by atoms with E-state index >= 15 is 0 Å². The quantitative estimate of drug-likeness (QED) is 0.510. The molecule has 1 aromatic carbocycles. The van der Waals surface area contributed by atoms with Gasteiger partial charge in [0.05, 0.1) is 5.52 Å². The van der Waals surface area contributed by atoms with Crippen molar-refractivity contribution in [2.24, 2.45) is 5.92 Å². The molecule has 5 heteroatoms. The smallest absolute Gasteiger partial charge is 0.251 e. The van der Waals surface area contributed by atoms with Gasteiger partial charge < -0.3 is 9.47 Å². The van der Waals surface area contributed by atoms with E-state index in [0.29, 0.717) is 11.8 Å². The summed E-state index contributed by atoms with van der Waals surface area (Å²) in [6, 6.07) is 22.5. The van der Waals surface area contributed by atoms with Gasteiger partial charge in [0.1, 0.15) is 5.82 Å². The van der Waals surface area contributed by atoms with Crippen LogP contribution >= 0.6 is 0 Å². The van der Waals surface area contributed by atoms with Gasteiger partial charge in [-0.1, -0.05) is 36.4 Å². The maximum Gasteiger partial charge on any atom is 0.251 e. The lowest BCUT2D eigenvalue weighted by molar-refractivity contribution is 0.211. The van der Waals surface area contributed by atoms with Crippen molar-refractivity contribution in [2.45, 2.75) is 24.8 Å². The van der Waals surface area contributed by atoms with E-state index < -0.39 is 0 Å². The first-order valence-corrected chi connectivity index (χ1v) is 11.0. The SMILES string of the molecule is O=c1cccc2n1[C@@H](Cc1ccccc1)[C@H]1C[C@@H]2CN(c2nccc3ncccc23)C1. The van der Waals surface area contributed by atoms with E-state index in [9.17, 15) is 4.79 Å². The molecule has 3 atom stereocenters. The highest BCUT2D eigenvalue weighted by Crippen LogP contribution is 2.43. The van der Waals surface area contributed by atoms with Crippen LogP contribution in [0.15, 0.2) is 83.9 Å². The Morgan fingerprint density at radius 3 is 2.68 bits per heavy atom. The van der Waals surface area contributed by atoms with Gasteiger partial charge in [-0.2, -0.15) is 0 Å². The Morgan fingerprint density at radius 2 is 1.77 bits per heavy atom. The monoisotopic (exact) mass is 408 g/mol. The van der Waals surface area contributed by atoms with Gasteiger partial charge in [0.25, 0.3) is 5.56 Å². The molecule has 0 amide bonds. The van der Waals surface area contributed by atoms with Crippen LogP contribution in [0.1, 0.15) is 29.6 Å². The summed E-state index contributed by atoms with van der Waals surface area (Å²) in [6.07, 6.45) is 5.67. The second-order valence-corrected chi connectivity index (χ2v) is 8.72. The summed E-state index contributed by atoms with van der Waals surface area (Å²) >= 11 is 0. The molecule has 5 nitrogen and oxygen atoms in total. The van der Waals surface area contributed by atoms with Gasteiger partial charge in [0.2, 0.25) is 0 Å². The number of anilines is 1. The molecule has 0 aliphatic carbocycles. The van der Waals surface area contributed by atoms with Crippen molar-refractivity contribution in [3.05, 3.63) is 101 Å². The molecular weight excluding hydrogens is 384 g/mol. The van der Waals surface area contributed by atoms with Crippen LogP contribution in [0.25, 0.3) is 10.9 Å². The van der Waals surface area contributed by atoms with E-state index in [4.69, 9.17) is 4.98 Å². The molecule has 2 aliphatic heterocycles. The normalized spacial score (nSPS) is 22.3. The third kappa shape index (κ3) is 3.12. The number of hydrogen-bond donors (Lipinski definition) is 0. The van der Waals surface area contributed by atoms with Crippen molar-refractivity contribution in [1.29, 1.82) is 0 Å². The van der Waals surface area contributed by atoms with Gasteiger partial charge in [-0.05, 0) is 48.6 Å². The van der Waals surface area contributed by atoms with E-state index in [2.05, 4.69) is 50.8 Å². The molecule has 0 radical (unpaired) electrons. The van der Waals surface area contributed by atoms with Crippen molar-refractivity contribution >= 4 is 16.7 Å². The van der Waals surface area contributed by atoms with Crippen molar-refractivity contribution < 1.29 is 0 Å². The van der Waals surface area contributed by atoms with Crippen LogP contribution in [0.5, 0.6) is 0 Å². The highest BCUT2D eigenvalue weighted by molar-refractivity contribution is 5.89. The Balaban J connectivity index is 1.44. The number of piperidine rings is 1. The number of fused-ring (bicyclic) bond motifs is 5. The van der Waals surface area contributed by atoms with Crippen LogP contribution in [0.3, 0.4) is 0 Å². The lowest BCUT2D eigenvalue weighted by atomic mass is 9.76. The van der Waals surface area contributed by atoms with Crippen molar-refractivity contribution in [3.63, 3.8) is 0 Å². The summed E-state index contributed by atoms with van der Waals surface area (Å²) in [5, 5.41) is 1.09. The predicted molar refractivity (Wildman–Crippen MR) is 122 cm³/mol. The second-order valence-electron chi connectivity index (χ2n) is 8.72. The molecule has 0 spiro atoms. The zero-order valence-corrected chi connectivity index (χ0v) is 17.3. The Hall–Kier alpha value is -3.47. The zero-order chi connectivity index (χ0) is 20.8. The molecule has 0 unspecified atom stereocenters. The molecule has 0 N–H and O–H groups in total. The molecule has 154 valence electrons. The molecular formula is C26H24N4O. The van der Waals surface area contributed by atoms with E-state index in [1.807, 2.05) is 36.7 Å². The lowest BCUT2D eigenvalue weighted by Crippen LogP contribution is -2.50. The zero-order valence-electron chi connectivity index (χ0n) is 17.3. The van der Waals surface area contributed by atoms with Gasteiger partial charge in [0.15, 0.2) is 0 Å². The topological polar surface area (TPSA) is 51.0 Å². The van der Waals surface area contributed by atoms with Gasteiger partial charge in [-0.3, -0.25) is 9.78 Å². The molecule has 3 aromatic heterocycles. The van der Waals surface area contributed by atoms with Crippen LogP contribution in [-0.4, -0.2) is 27.6 Å². The van der Waals surface area contributed by atoms with E-state index in [0.717, 1.165) is 48.3 Å². The summed E-state index contributed by atoms with van der Waals surface area (Å²) in [6.45, 7) is 1.77. The molecule has 1 saturated heterocycles. The van der Waals surface area contributed by atoms with E-state index in [1.165, 1.54) is 5.56 Å². The summed E-state index contributed by atoms with van der Waals surface area (Å²) < 4.78 is 2.08. The fourth-order valence-corrected chi connectivity index (χ4v) is 5.57. The molecule has 1 fully saturated rings. The number of hydrogen-bond acceptors (Lipinski definition) is 4. The first-order chi connectivity index (χ1) is 15.3. The third-order valence-corrected chi connectivity index (χ3v) is 6.89. The molecule has 5 heterocycles. The highest BCUT2D eigenvalue weighted by Gasteiger charge is 2.41. The van der Waals surface area contributed by atoms with Crippen molar-refractivity contribution in [3.8, 4) is 0 Å². The van der Waals surface area contributed by atoms with Gasteiger partial charge in [0, 0.05) is 54.6 Å². The molecule has 2 aliphatic rings. The van der Waals surface area contributed by atoms with Crippen LogP contribution in [0, 0.1) is 5.92 Å². The van der Waals surface area contributed by atoms with Crippen LogP contribution in [0.4, 0.5) is 5.82 Å². The van der Waals surface area contributed by atoms with Gasteiger partial charge in [-0.15, -0.1) is 0 Å². The second kappa shape index (κ2) is 7.34. The Bertz CT molecular complexity index is 1290. The van der Waals surface area contributed by atoms with Crippen LogP contribution in [0.2, 0.25) is 0 Å². The molecule has 31 heavy (non-hydrogen) atoms. The maximum atomic E-state index is 13.0. The fraction of sp³-hybridized carbons (Fsp3) is 0.269. The first kappa shape index (κ1) is 18.3. The Labute approximate surface area is 181 Å². The minimum absolute atomic E-state index is 0.120. The molecule has 4 aromatic rings. The summed E-state index contributed by atoms with van der Waals surface area (Å²) in [7, 11) is 0.